The summed E-state index contributed by atoms with van der Waals surface area (Å²) < 4.78 is 30.9. The molecule has 0 aliphatic heterocycles. The molecule has 0 spiro atoms. The maximum atomic E-state index is 11.7. The third kappa shape index (κ3) is 5.06. The fourth-order valence-corrected chi connectivity index (χ4v) is 2.30. The standard InChI is InChI=1S/C12H17NO6S/c1-8(2)19-5-6-20(17,18)13-9-3-4-11(14)10(7-9)12(15)16/h3-4,7-8,13-14H,5-6H2,1-2H3,(H,15,16). The Kier molecular flexibility index (Phi) is 5.34. The van der Waals surface area contributed by atoms with Gasteiger partial charge in [0.15, 0.2) is 0 Å². The second kappa shape index (κ2) is 6.58. The van der Waals surface area contributed by atoms with E-state index < -0.39 is 21.7 Å². The fraction of sp³-hybridized carbons (Fsp3) is 0.417. The van der Waals surface area contributed by atoms with Crippen LogP contribution in [0.1, 0.15) is 24.2 Å². The lowest BCUT2D eigenvalue weighted by Gasteiger charge is -2.11. The van der Waals surface area contributed by atoms with E-state index in [9.17, 15) is 18.3 Å². The van der Waals surface area contributed by atoms with Crippen LogP contribution >= 0.6 is 0 Å². The lowest BCUT2D eigenvalue weighted by atomic mass is 10.2. The summed E-state index contributed by atoms with van der Waals surface area (Å²) in [5, 5.41) is 18.2. The van der Waals surface area contributed by atoms with Crippen LogP contribution in [0.25, 0.3) is 0 Å². The molecule has 3 N–H and O–H groups in total. The van der Waals surface area contributed by atoms with Crippen molar-refractivity contribution in [1.82, 2.24) is 0 Å². The van der Waals surface area contributed by atoms with E-state index in [1.54, 1.807) is 13.8 Å². The summed E-state index contributed by atoms with van der Waals surface area (Å²) in [4.78, 5) is 10.8. The van der Waals surface area contributed by atoms with Gasteiger partial charge in [0.2, 0.25) is 10.0 Å². The molecule has 0 radical (unpaired) electrons. The first-order valence-corrected chi connectivity index (χ1v) is 7.55. The average Bonchev–Trinajstić information content (AvgIpc) is 2.30. The largest absolute Gasteiger partial charge is 0.507 e. The highest BCUT2D eigenvalue weighted by molar-refractivity contribution is 7.92. The van der Waals surface area contributed by atoms with Crippen molar-refractivity contribution in [1.29, 1.82) is 0 Å². The Bertz CT molecular complexity index is 582. The third-order valence-electron chi connectivity index (χ3n) is 2.30. The molecule has 0 bridgehead atoms. The average molecular weight is 303 g/mol. The van der Waals surface area contributed by atoms with Gasteiger partial charge in [-0.05, 0) is 32.0 Å². The van der Waals surface area contributed by atoms with Crippen LogP contribution in [0.5, 0.6) is 5.75 Å². The van der Waals surface area contributed by atoms with Crippen molar-refractivity contribution in [2.75, 3.05) is 17.1 Å². The Balaban J connectivity index is 2.77. The second-order valence-corrected chi connectivity index (χ2v) is 6.22. The van der Waals surface area contributed by atoms with E-state index in [4.69, 9.17) is 9.84 Å². The van der Waals surface area contributed by atoms with Gasteiger partial charge in [-0.2, -0.15) is 0 Å². The normalized spacial score (nSPS) is 11.6. The van der Waals surface area contributed by atoms with Crippen LogP contribution < -0.4 is 4.72 Å². The summed E-state index contributed by atoms with van der Waals surface area (Å²) in [6.45, 7) is 3.62. The number of aromatic hydroxyl groups is 1. The minimum absolute atomic E-state index is 0.0386. The van der Waals surface area contributed by atoms with E-state index in [2.05, 4.69) is 4.72 Å². The zero-order valence-corrected chi connectivity index (χ0v) is 12.0. The quantitative estimate of drug-likeness (QED) is 0.653. The van der Waals surface area contributed by atoms with Gasteiger partial charge >= 0.3 is 5.97 Å². The van der Waals surface area contributed by atoms with Crippen LogP contribution in [0, 0.1) is 0 Å². The highest BCUT2D eigenvalue weighted by Crippen LogP contribution is 2.22. The first-order valence-electron chi connectivity index (χ1n) is 5.89. The van der Waals surface area contributed by atoms with Gasteiger partial charge in [0, 0.05) is 5.69 Å². The predicted molar refractivity (Wildman–Crippen MR) is 73.6 cm³/mol. The van der Waals surface area contributed by atoms with Gasteiger partial charge in [-0.15, -0.1) is 0 Å². The number of carboxylic acids is 1. The molecule has 0 atom stereocenters. The minimum atomic E-state index is -3.64. The Morgan fingerprint density at radius 3 is 2.60 bits per heavy atom. The molecule has 8 heteroatoms. The molecule has 7 nitrogen and oxygen atoms in total. The monoisotopic (exact) mass is 303 g/mol. The van der Waals surface area contributed by atoms with Crippen molar-refractivity contribution in [3.05, 3.63) is 23.8 Å². The van der Waals surface area contributed by atoms with E-state index in [-0.39, 0.29) is 29.7 Å². The predicted octanol–water partition coefficient (Wildman–Crippen LogP) is 1.26. The van der Waals surface area contributed by atoms with Crippen LogP contribution in [0.15, 0.2) is 18.2 Å². The molecule has 0 aliphatic rings. The summed E-state index contributed by atoms with van der Waals surface area (Å²) >= 11 is 0. The van der Waals surface area contributed by atoms with Crippen molar-refractivity contribution in [2.45, 2.75) is 20.0 Å². The topological polar surface area (TPSA) is 113 Å². The number of hydrogen-bond acceptors (Lipinski definition) is 5. The summed E-state index contributed by atoms with van der Waals surface area (Å²) in [7, 11) is -3.64. The molecule has 1 rings (SSSR count). The Labute approximate surface area is 117 Å². The molecule has 0 aromatic heterocycles. The van der Waals surface area contributed by atoms with Crippen LogP contribution in [-0.2, 0) is 14.8 Å². The molecular weight excluding hydrogens is 286 g/mol. The first-order chi connectivity index (χ1) is 9.21. The van der Waals surface area contributed by atoms with Crippen LogP contribution in [0.2, 0.25) is 0 Å². The molecule has 0 unspecified atom stereocenters. The number of hydrogen-bond donors (Lipinski definition) is 3. The molecule has 1 aromatic carbocycles. The first kappa shape index (κ1) is 16.3. The lowest BCUT2D eigenvalue weighted by molar-refractivity contribution is 0.0693. The Morgan fingerprint density at radius 1 is 1.40 bits per heavy atom. The molecular formula is C12H17NO6S. The van der Waals surface area contributed by atoms with Gasteiger partial charge in [-0.1, -0.05) is 0 Å². The Morgan fingerprint density at radius 2 is 2.05 bits per heavy atom. The van der Waals surface area contributed by atoms with Crippen LogP contribution in [0.3, 0.4) is 0 Å². The maximum absolute atomic E-state index is 11.7. The minimum Gasteiger partial charge on any atom is -0.507 e. The lowest BCUT2D eigenvalue weighted by Crippen LogP contribution is -2.21. The van der Waals surface area contributed by atoms with E-state index in [0.29, 0.717) is 0 Å². The fourth-order valence-electron chi connectivity index (χ4n) is 1.39. The van der Waals surface area contributed by atoms with Gasteiger partial charge in [0.05, 0.1) is 18.5 Å². The number of sulfonamides is 1. The van der Waals surface area contributed by atoms with Gasteiger partial charge < -0.3 is 14.9 Å². The Hall–Kier alpha value is -1.80. The molecule has 20 heavy (non-hydrogen) atoms. The zero-order valence-electron chi connectivity index (χ0n) is 11.2. The molecule has 112 valence electrons. The number of aromatic carboxylic acids is 1. The zero-order chi connectivity index (χ0) is 15.3. The van der Waals surface area contributed by atoms with Crippen molar-refractivity contribution < 1.29 is 28.2 Å². The van der Waals surface area contributed by atoms with Gasteiger partial charge in [-0.3, -0.25) is 4.72 Å². The number of anilines is 1. The van der Waals surface area contributed by atoms with Crippen molar-refractivity contribution in [3.63, 3.8) is 0 Å². The molecule has 0 saturated heterocycles. The number of ether oxygens (including phenoxy) is 1. The van der Waals surface area contributed by atoms with Crippen molar-refractivity contribution >= 4 is 21.7 Å². The number of phenols is 1. The van der Waals surface area contributed by atoms with Crippen LogP contribution in [0.4, 0.5) is 5.69 Å². The summed E-state index contributed by atoms with van der Waals surface area (Å²) in [6, 6.07) is 3.45. The number of benzene rings is 1. The number of nitrogens with one attached hydrogen (secondary N) is 1. The SMILES string of the molecule is CC(C)OCCS(=O)(=O)Nc1ccc(O)c(C(=O)O)c1. The second-order valence-electron chi connectivity index (χ2n) is 4.38. The highest BCUT2D eigenvalue weighted by Gasteiger charge is 2.14. The summed E-state index contributed by atoms with van der Waals surface area (Å²) in [5.74, 6) is -2.01. The number of rotatable bonds is 7. The molecule has 0 aliphatic carbocycles. The van der Waals surface area contributed by atoms with E-state index in [1.165, 1.54) is 6.07 Å². The van der Waals surface area contributed by atoms with E-state index in [0.717, 1.165) is 12.1 Å². The maximum Gasteiger partial charge on any atom is 0.339 e. The molecule has 0 saturated carbocycles. The van der Waals surface area contributed by atoms with E-state index >= 15 is 0 Å². The molecule has 0 amide bonds. The molecule has 0 heterocycles. The molecule has 0 fully saturated rings. The van der Waals surface area contributed by atoms with Crippen molar-refractivity contribution in [2.24, 2.45) is 0 Å². The number of carboxylic acid groups (broad SMARTS) is 1. The highest BCUT2D eigenvalue weighted by atomic mass is 32.2. The smallest absolute Gasteiger partial charge is 0.339 e. The van der Waals surface area contributed by atoms with Gasteiger partial charge in [0.1, 0.15) is 11.3 Å². The summed E-state index contributed by atoms with van der Waals surface area (Å²) in [5.41, 5.74) is -0.298. The van der Waals surface area contributed by atoms with Gasteiger partial charge in [0.25, 0.3) is 0 Å². The third-order valence-corrected chi connectivity index (χ3v) is 3.55. The van der Waals surface area contributed by atoms with Crippen molar-refractivity contribution in [3.8, 4) is 5.75 Å². The summed E-state index contributed by atoms with van der Waals surface area (Å²) in [6.07, 6.45) is -0.0718. The van der Waals surface area contributed by atoms with Crippen LogP contribution in [-0.4, -0.2) is 43.1 Å². The molecule has 1 aromatic rings. The van der Waals surface area contributed by atoms with Gasteiger partial charge in [-0.25, -0.2) is 13.2 Å². The van der Waals surface area contributed by atoms with E-state index in [1.807, 2.05) is 0 Å². The number of carbonyl (C=O) groups is 1.